The summed E-state index contributed by atoms with van der Waals surface area (Å²) in [5.41, 5.74) is 7.39. The third kappa shape index (κ3) is 1.34. The van der Waals surface area contributed by atoms with E-state index in [1.54, 1.807) is 0 Å². The monoisotopic (exact) mass is 182 g/mol. The average Bonchev–Trinajstić information content (AvgIpc) is 2.27. The zero-order valence-corrected chi connectivity index (χ0v) is 7.70. The topological polar surface area (TPSA) is 49.8 Å². The van der Waals surface area contributed by atoms with E-state index in [1.165, 1.54) is 0 Å². The Bertz CT molecular complexity index is 509. The van der Waals surface area contributed by atoms with Gasteiger partial charge in [0.1, 0.15) is 0 Å². The molecule has 0 saturated heterocycles. The molecule has 2 heteroatoms. The van der Waals surface area contributed by atoms with Crippen molar-refractivity contribution in [2.24, 2.45) is 5.73 Å². The van der Waals surface area contributed by atoms with Crippen molar-refractivity contribution in [3.63, 3.8) is 0 Å². The van der Waals surface area contributed by atoms with Crippen LogP contribution >= 0.6 is 0 Å². The van der Waals surface area contributed by atoms with Crippen LogP contribution < -0.4 is 5.73 Å². The molecule has 0 aliphatic carbocycles. The predicted octanol–water partition coefficient (Wildman–Crippen LogP) is 2.17. The predicted molar refractivity (Wildman–Crippen MR) is 56.6 cm³/mol. The van der Waals surface area contributed by atoms with Crippen molar-refractivity contribution in [2.45, 2.75) is 6.54 Å². The van der Waals surface area contributed by atoms with E-state index in [4.69, 9.17) is 11.0 Å². The van der Waals surface area contributed by atoms with Gasteiger partial charge >= 0.3 is 0 Å². The SMILES string of the molecule is N#Cc1ccc2cccc(CN)c2c1. The molecule has 0 unspecified atom stereocenters. The first-order valence-corrected chi connectivity index (χ1v) is 4.47. The van der Waals surface area contributed by atoms with E-state index in [-0.39, 0.29) is 0 Å². The Labute approximate surface area is 82.6 Å². The summed E-state index contributed by atoms with van der Waals surface area (Å²) in [5, 5.41) is 11.0. The summed E-state index contributed by atoms with van der Waals surface area (Å²) in [4.78, 5) is 0. The molecule has 0 aliphatic rings. The van der Waals surface area contributed by atoms with Crippen LogP contribution in [-0.2, 0) is 6.54 Å². The van der Waals surface area contributed by atoms with Crippen molar-refractivity contribution in [1.29, 1.82) is 5.26 Å². The molecule has 2 aromatic carbocycles. The molecule has 0 aliphatic heterocycles. The Hall–Kier alpha value is -1.85. The molecular weight excluding hydrogens is 172 g/mol. The molecule has 14 heavy (non-hydrogen) atoms. The molecule has 0 atom stereocenters. The second-order valence-corrected chi connectivity index (χ2v) is 3.17. The summed E-state index contributed by atoms with van der Waals surface area (Å²) in [6.07, 6.45) is 0. The minimum absolute atomic E-state index is 0.506. The average molecular weight is 182 g/mol. The van der Waals surface area contributed by atoms with Crippen molar-refractivity contribution in [3.05, 3.63) is 47.5 Å². The molecule has 2 aromatic rings. The molecule has 0 radical (unpaired) electrons. The normalized spacial score (nSPS) is 10.0. The highest BCUT2D eigenvalue weighted by Crippen LogP contribution is 2.19. The van der Waals surface area contributed by atoms with Crippen LogP contribution in [-0.4, -0.2) is 0 Å². The van der Waals surface area contributed by atoms with Gasteiger partial charge < -0.3 is 5.73 Å². The Morgan fingerprint density at radius 3 is 2.79 bits per heavy atom. The van der Waals surface area contributed by atoms with E-state index in [1.807, 2.05) is 36.4 Å². The van der Waals surface area contributed by atoms with E-state index in [9.17, 15) is 0 Å². The lowest BCUT2D eigenvalue weighted by Gasteiger charge is -2.03. The highest BCUT2D eigenvalue weighted by atomic mass is 14.5. The molecule has 0 heterocycles. The van der Waals surface area contributed by atoms with E-state index in [0.29, 0.717) is 12.1 Å². The van der Waals surface area contributed by atoms with Crippen LogP contribution in [0.1, 0.15) is 11.1 Å². The van der Waals surface area contributed by atoms with Crippen molar-refractivity contribution in [3.8, 4) is 6.07 Å². The quantitative estimate of drug-likeness (QED) is 0.734. The van der Waals surface area contributed by atoms with Crippen LogP contribution in [0.4, 0.5) is 0 Å². The van der Waals surface area contributed by atoms with Gasteiger partial charge in [0.2, 0.25) is 0 Å². The molecule has 0 saturated carbocycles. The minimum atomic E-state index is 0.506. The van der Waals surface area contributed by atoms with E-state index >= 15 is 0 Å². The summed E-state index contributed by atoms with van der Waals surface area (Å²) in [5.74, 6) is 0. The molecular formula is C12H10N2. The van der Waals surface area contributed by atoms with Crippen LogP contribution in [0, 0.1) is 11.3 Å². The lowest BCUT2D eigenvalue weighted by molar-refractivity contribution is 1.09. The van der Waals surface area contributed by atoms with Crippen LogP contribution in [0.25, 0.3) is 10.8 Å². The molecule has 2 rings (SSSR count). The molecule has 2 nitrogen and oxygen atoms in total. The van der Waals surface area contributed by atoms with Crippen LogP contribution in [0.5, 0.6) is 0 Å². The maximum atomic E-state index is 8.78. The van der Waals surface area contributed by atoms with Gasteiger partial charge in [0.05, 0.1) is 11.6 Å². The van der Waals surface area contributed by atoms with Crippen molar-refractivity contribution in [1.82, 2.24) is 0 Å². The molecule has 2 N–H and O–H groups in total. The van der Waals surface area contributed by atoms with Gasteiger partial charge in [0.15, 0.2) is 0 Å². The molecule has 0 fully saturated rings. The largest absolute Gasteiger partial charge is 0.326 e. The third-order valence-corrected chi connectivity index (χ3v) is 2.32. The van der Waals surface area contributed by atoms with Crippen molar-refractivity contribution < 1.29 is 0 Å². The van der Waals surface area contributed by atoms with Gasteiger partial charge in [-0.3, -0.25) is 0 Å². The van der Waals surface area contributed by atoms with E-state index < -0.39 is 0 Å². The molecule has 0 spiro atoms. The summed E-state index contributed by atoms with van der Waals surface area (Å²) in [6.45, 7) is 0.506. The van der Waals surface area contributed by atoms with Gasteiger partial charge in [-0.25, -0.2) is 0 Å². The number of hydrogen-bond donors (Lipinski definition) is 1. The summed E-state index contributed by atoms with van der Waals surface area (Å²) >= 11 is 0. The highest BCUT2D eigenvalue weighted by Gasteiger charge is 1.99. The first-order chi connectivity index (χ1) is 6.85. The second kappa shape index (κ2) is 3.49. The molecule has 0 aromatic heterocycles. The fraction of sp³-hybridized carbons (Fsp3) is 0.0833. The Balaban J connectivity index is 2.78. The zero-order valence-electron chi connectivity index (χ0n) is 7.70. The summed E-state index contributed by atoms with van der Waals surface area (Å²) < 4.78 is 0. The van der Waals surface area contributed by atoms with Gasteiger partial charge in [-0.2, -0.15) is 5.26 Å². The lowest BCUT2D eigenvalue weighted by atomic mass is 10.0. The maximum Gasteiger partial charge on any atom is 0.0991 e. The van der Waals surface area contributed by atoms with Gasteiger partial charge in [0.25, 0.3) is 0 Å². The molecule has 0 bridgehead atoms. The van der Waals surface area contributed by atoms with Crippen LogP contribution in [0.15, 0.2) is 36.4 Å². The summed E-state index contributed by atoms with van der Waals surface area (Å²) in [7, 11) is 0. The number of nitrogens with zero attached hydrogens (tertiary/aromatic N) is 1. The van der Waals surface area contributed by atoms with Crippen LogP contribution in [0.3, 0.4) is 0 Å². The molecule has 68 valence electrons. The van der Waals surface area contributed by atoms with Crippen molar-refractivity contribution in [2.75, 3.05) is 0 Å². The van der Waals surface area contributed by atoms with Crippen molar-refractivity contribution >= 4 is 10.8 Å². The Kier molecular flexibility index (Phi) is 2.18. The molecule has 0 amide bonds. The number of rotatable bonds is 1. The van der Waals surface area contributed by atoms with Gasteiger partial charge in [0, 0.05) is 6.54 Å². The number of fused-ring (bicyclic) bond motifs is 1. The standard InChI is InChI=1S/C12H10N2/c13-7-9-4-5-10-2-1-3-11(8-14)12(10)6-9/h1-6H,8,14H2. The third-order valence-electron chi connectivity index (χ3n) is 2.32. The Morgan fingerprint density at radius 1 is 1.21 bits per heavy atom. The minimum Gasteiger partial charge on any atom is -0.326 e. The highest BCUT2D eigenvalue weighted by molar-refractivity contribution is 5.86. The number of benzene rings is 2. The fourth-order valence-corrected chi connectivity index (χ4v) is 1.58. The Morgan fingerprint density at radius 2 is 2.07 bits per heavy atom. The van der Waals surface area contributed by atoms with E-state index in [0.717, 1.165) is 16.3 Å². The lowest BCUT2D eigenvalue weighted by Crippen LogP contribution is -1.96. The number of hydrogen-bond acceptors (Lipinski definition) is 2. The van der Waals surface area contributed by atoms with Crippen LogP contribution in [0.2, 0.25) is 0 Å². The first-order valence-electron chi connectivity index (χ1n) is 4.47. The van der Waals surface area contributed by atoms with E-state index in [2.05, 4.69) is 6.07 Å². The maximum absolute atomic E-state index is 8.78. The number of nitriles is 1. The van der Waals surface area contributed by atoms with Gasteiger partial charge in [-0.1, -0.05) is 24.3 Å². The first kappa shape index (κ1) is 8.74. The second-order valence-electron chi connectivity index (χ2n) is 3.17. The van der Waals surface area contributed by atoms with Gasteiger partial charge in [-0.05, 0) is 28.5 Å². The fourth-order valence-electron chi connectivity index (χ4n) is 1.58. The summed E-state index contributed by atoms with van der Waals surface area (Å²) in [6, 6.07) is 13.8. The number of nitrogens with two attached hydrogens (primary N) is 1. The zero-order chi connectivity index (χ0) is 9.97. The van der Waals surface area contributed by atoms with Gasteiger partial charge in [-0.15, -0.1) is 0 Å². The smallest absolute Gasteiger partial charge is 0.0991 e.